The third-order valence-corrected chi connectivity index (χ3v) is 2.98. The van der Waals surface area contributed by atoms with Crippen molar-refractivity contribution >= 4 is 17.5 Å². The van der Waals surface area contributed by atoms with Crippen LogP contribution < -0.4 is 4.90 Å². The van der Waals surface area contributed by atoms with Crippen LogP contribution in [0.4, 0.5) is 11.5 Å². The van der Waals surface area contributed by atoms with E-state index in [2.05, 4.69) is 4.98 Å². The Morgan fingerprint density at radius 2 is 2.26 bits per heavy atom. The highest BCUT2D eigenvalue weighted by Crippen LogP contribution is 2.24. The molecule has 1 rings (SSSR count). The number of aryl methyl sites for hydroxylation is 1. The molecule has 0 saturated heterocycles. The predicted molar refractivity (Wildman–Crippen MR) is 70.4 cm³/mol. The molecule has 0 bridgehead atoms. The van der Waals surface area contributed by atoms with Crippen molar-refractivity contribution in [1.82, 2.24) is 4.98 Å². The average Bonchev–Trinajstić information content (AvgIpc) is 2.35. The van der Waals surface area contributed by atoms with Crippen LogP contribution in [0.3, 0.4) is 0 Å². The molecule has 0 aromatic carbocycles. The fraction of sp³-hybridized carbons (Fsp3) is 0.500. The highest BCUT2D eigenvalue weighted by molar-refractivity contribution is 5.73. The van der Waals surface area contributed by atoms with Crippen LogP contribution in [0.5, 0.6) is 0 Å². The maximum absolute atomic E-state index is 10.9. The van der Waals surface area contributed by atoms with Crippen LogP contribution in [0, 0.1) is 17.0 Å². The summed E-state index contributed by atoms with van der Waals surface area (Å²) >= 11 is 0. The zero-order valence-corrected chi connectivity index (χ0v) is 11.2. The Labute approximate surface area is 111 Å². The summed E-state index contributed by atoms with van der Waals surface area (Å²) in [7, 11) is 0. The van der Waals surface area contributed by atoms with Gasteiger partial charge in [-0.2, -0.15) is 0 Å². The molecular weight excluding hydrogens is 250 g/mol. The summed E-state index contributed by atoms with van der Waals surface area (Å²) in [5.41, 5.74) is 0.400. The SMILES string of the molecule is CCC(C)N(CC(=O)O)c1cc([N+](=O)[O-])c(C)cn1. The Morgan fingerprint density at radius 3 is 2.74 bits per heavy atom. The lowest BCUT2D eigenvalue weighted by atomic mass is 10.2. The minimum atomic E-state index is -0.995. The van der Waals surface area contributed by atoms with Crippen molar-refractivity contribution in [3.63, 3.8) is 0 Å². The van der Waals surface area contributed by atoms with E-state index in [-0.39, 0.29) is 18.3 Å². The second-order valence-electron chi connectivity index (χ2n) is 4.37. The summed E-state index contributed by atoms with van der Waals surface area (Å²) in [5.74, 6) is -0.681. The van der Waals surface area contributed by atoms with Gasteiger partial charge in [0, 0.05) is 17.8 Å². The number of hydrogen-bond donors (Lipinski definition) is 1. The Morgan fingerprint density at radius 1 is 1.63 bits per heavy atom. The fourth-order valence-electron chi connectivity index (χ4n) is 1.68. The number of carboxylic acids is 1. The van der Waals surface area contributed by atoms with Crippen LogP contribution in [0.25, 0.3) is 0 Å². The van der Waals surface area contributed by atoms with Gasteiger partial charge in [-0.1, -0.05) is 6.92 Å². The molecule has 7 heteroatoms. The Bertz CT molecular complexity index is 490. The van der Waals surface area contributed by atoms with Gasteiger partial charge in [0.25, 0.3) is 5.69 Å². The predicted octanol–water partition coefficient (Wildman–Crippen LogP) is 1.99. The average molecular weight is 267 g/mol. The van der Waals surface area contributed by atoms with E-state index >= 15 is 0 Å². The molecule has 1 aromatic rings. The second kappa shape index (κ2) is 6.12. The van der Waals surface area contributed by atoms with Crippen molar-refractivity contribution in [1.29, 1.82) is 0 Å². The molecule has 1 aromatic heterocycles. The van der Waals surface area contributed by atoms with E-state index < -0.39 is 10.9 Å². The van der Waals surface area contributed by atoms with Gasteiger partial charge in [0.15, 0.2) is 0 Å². The summed E-state index contributed by atoms with van der Waals surface area (Å²) in [6.45, 7) is 5.14. The zero-order valence-electron chi connectivity index (χ0n) is 11.2. The van der Waals surface area contributed by atoms with Gasteiger partial charge >= 0.3 is 5.97 Å². The topological polar surface area (TPSA) is 96.6 Å². The maximum atomic E-state index is 10.9. The summed E-state index contributed by atoms with van der Waals surface area (Å²) in [6, 6.07) is 1.26. The zero-order chi connectivity index (χ0) is 14.6. The number of rotatable bonds is 6. The molecule has 0 aliphatic heterocycles. The first kappa shape index (κ1) is 14.9. The molecule has 0 spiro atoms. The quantitative estimate of drug-likeness (QED) is 0.625. The summed E-state index contributed by atoms with van der Waals surface area (Å²) in [4.78, 5) is 26.9. The van der Waals surface area contributed by atoms with E-state index in [1.54, 1.807) is 11.8 Å². The molecule has 0 saturated carbocycles. The van der Waals surface area contributed by atoms with Crippen LogP contribution in [-0.4, -0.2) is 33.6 Å². The number of anilines is 1. The highest BCUT2D eigenvalue weighted by Gasteiger charge is 2.21. The van der Waals surface area contributed by atoms with Crippen LogP contribution in [-0.2, 0) is 4.79 Å². The number of nitrogens with zero attached hydrogens (tertiary/aromatic N) is 3. The smallest absolute Gasteiger partial charge is 0.323 e. The minimum Gasteiger partial charge on any atom is -0.480 e. The molecule has 1 heterocycles. The van der Waals surface area contributed by atoms with E-state index in [1.807, 2.05) is 13.8 Å². The van der Waals surface area contributed by atoms with Gasteiger partial charge in [0.05, 0.1) is 11.0 Å². The normalized spacial score (nSPS) is 11.9. The Kier molecular flexibility index (Phi) is 4.80. The van der Waals surface area contributed by atoms with Crippen molar-refractivity contribution in [2.75, 3.05) is 11.4 Å². The van der Waals surface area contributed by atoms with Crippen LogP contribution in [0.15, 0.2) is 12.3 Å². The molecule has 1 unspecified atom stereocenters. The molecular formula is C12H17N3O4. The molecule has 0 aliphatic rings. The van der Waals surface area contributed by atoms with Crippen molar-refractivity contribution < 1.29 is 14.8 Å². The lowest BCUT2D eigenvalue weighted by molar-refractivity contribution is -0.385. The van der Waals surface area contributed by atoms with Crippen LogP contribution in [0.1, 0.15) is 25.8 Å². The Hall–Kier alpha value is -2.18. The molecule has 1 atom stereocenters. The molecule has 104 valence electrons. The lowest BCUT2D eigenvalue weighted by Crippen LogP contribution is -2.37. The van der Waals surface area contributed by atoms with E-state index in [0.29, 0.717) is 11.4 Å². The summed E-state index contributed by atoms with van der Waals surface area (Å²) in [5, 5.41) is 19.8. The van der Waals surface area contributed by atoms with Gasteiger partial charge in [-0.15, -0.1) is 0 Å². The van der Waals surface area contributed by atoms with Gasteiger partial charge in [0.2, 0.25) is 0 Å². The third kappa shape index (κ3) is 3.64. The molecule has 0 aliphatic carbocycles. The van der Waals surface area contributed by atoms with Crippen molar-refractivity contribution in [2.24, 2.45) is 0 Å². The molecule has 0 amide bonds. The first-order chi connectivity index (χ1) is 8.86. The Balaban J connectivity index is 3.18. The number of carbonyl (C=O) groups is 1. The van der Waals surface area contributed by atoms with Gasteiger partial charge in [-0.05, 0) is 20.3 Å². The number of hydrogen-bond acceptors (Lipinski definition) is 5. The number of aromatic nitrogens is 1. The summed E-state index contributed by atoms with van der Waals surface area (Å²) < 4.78 is 0. The van der Waals surface area contributed by atoms with Crippen molar-refractivity contribution in [2.45, 2.75) is 33.2 Å². The summed E-state index contributed by atoms with van der Waals surface area (Å²) in [6.07, 6.45) is 2.11. The molecule has 1 N–H and O–H groups in total. The largest absolute Gasteiger partial charge is 0.480 e. The fourth-order valence-corrected chi connectivity index (χ4v) is 1.68. The standard InChI is InChI=1S/C12H17N3O4/c1-4-9(3)14(7-12(16)17)11-5-10(15(18)19)8(2)6-13-11/h5-6,9H,4,7H2,1-3H3,(H,16,17). The lowest BCUT2D eigenvalue weighted by Gasteiger charge is -2.27. The molecule has 7 nitrogen and oxygen atoms in total. The molecule has 19 heavy (non-hydrogen) atoms. The van der Waals surface area contributed by atoms with Gasteiger partial charge in [-0.3, -0.25) is 14.9 Å². The molecule has 0 fully saturated rings. The van der Waals surface area contributed by atoms with Gasteiger partial charge in [-0.25, -0.2) is 4.98 Å². The number of aliphatic carboxylic acids is 1. The van der Waals surface area contributed by atoms with Gasteiger partial charge in [0.1, 0.15) is 12.4 Å². The number of nitro groups is 1. The first-order valence-corrected chi connectivity index (χ1v) is 5.96. The number of carboxylic acid groups (broad SMARTS) is 1. The van der Waals surface area contributed by atoms with E-state index in [4.69, 9.17) is 5.11 Å². The first-order valence-electron chi connectivity index (χ1n) is 5.96. The van der Waals surface area contributed by atoms with E-state index in [0.717, 1.165) is 6.42 Å². The highest BCUT2D eigenvalue weighted by atomic mass is 16.6. The van der Waals surface area contributed by atoms with E-state index in [1.165, 1.54) is 12.3 Å². The van der Waals surface area contributed by atoms with Crippen LogP contribution in [0.2, 0.25) is 0 Å². The van der Waals surface area contributed by atoms with E-state index in [9.17, 15) is 14.9 Å². The third-order valence-electron chi connectivity index (χ3n) is 2.98. The monoisotopic (exact) mass is 267 g/mol. The van der Waals surface area contributed by atoms with Crippen molar-refractivity contribution in [3.8, 4) is 0 Å². The number of pyridine rings is 1. The molecule has 0 radical (unpaired) electrons. The van der Waals surface area contributed by atoms with Crippen molar-refractivity contribution in [3.05, 3.63) is 27.9 Å². The second-order valence-corrected chi connectivity index (χ2v) is 4.37. The van der Waals surface area contributed by atoms with Crippen LogP contribution >= 0.6 is 0 Å². The minimum absolute atomic E-state index is 0.0521. The maximum Gasteiger partial charge on any atom is 0.323 e. The van der Waals surface area contributed by atoms with Gasteiger partial charge < -0.3 is 10.0 Å².